The van der Waals surface area contributed by atoms with Gasteiger partial charge in [-0.3, -0.25) is 0 Å². The van der Waals surface area contributed by atoms with Crippen molar-refractivity contribution in [2.24, 2.45) is 0 Å². The Balaban J connectivity index is 1.03. The number of rotatable bonds is 7. The SMILES string of the molecule is CC1(C)CCC(C)(C)c2c(-c3ccccc3N(c3ccc4c(c3)[Si](C)(C)c3ccccc3-4)c3ccc(-c4ccc5c(c4)-c4ccccc4[Si]5(c4ccccc4)c4ccccc4)c4c3CCCC4)cccc21. The molecular weight excluding hydrogens is 887 g/mol. The lowest BCUT2D eigenvalue weighted by Gasteiger charge is -2.43. The first-order chi connectivity index (χ1) is 34.5. The summed E-state index contributed by atoms with van der Waals surface area (Å²) in [6.45, 7) is 15.0. The van der Waals surface area contributed by atoms with Crippen LogP contribution in [0.5, 0.6) is 0 Å². The maximum Gasteiger partial charge on any atom is 0.180 e. The van der Waals surface area contributed by atoms with Crippen LogP contribution in [0.1, 0.15) is 75.6 Å². The third-order valence-electron chi connectivity index (χ3n) is 17.6. The molecule has 2 aliphatic carbocycles. The van der Waals surface area contributed by atoms with E-state index in [2.05, 4.69) is 246 Å². The van der Waals surface area contributed by atoms with E-state index in [9.17, 15) is 0 Å². The zero-order chi connectivity index (χ0) is 48.3. The monoisotopic (exact) mass is 949 g/mol. The first-order valence-corrected chi connectivity index (χ1v) is 31.3. The minimum absolute atomic E-state index is 0.0515. The van der Waals surface area contributed by atoms with Gasteiger partial charge in [-0.1, -0.05) is 211 Å². The lowest BCUT2D eigenvalue weighted by atomic mass is 9.61. The summed E-state index contributed by atoms with van der Waals surface area (Å²) >= 11 is 0. The molecule has 348 valence electrons. The molecule has 0 fully saturated rings. The van der Waals surface area contributed by atoms with E-state index < -0.39 is 16.1 Å². The Kier molecular flexibility index (Phi) is 10.2. The molecule has 2 aliphatic heterocycles. The topological polar surface area (TPSA) is 3.24 Å². The van der Waals surface area contributed by atoms with Crippen molar-refractivity contribution >= 4 is 64.3 Å². The number of hydrogen-bond donors (Lipinski definition) is 0. The molecule has 0 amide bonds. The molecule has 9 aromatic rings. The Morgan fingerprint density at radius 2 is 0.958 bits per heavy atom. The van der Waals surface area contributed by atoms with Crippen LogP contribution in [-0.2, 0) is 23.7 Å². The quantitative estimate of drug-likeness (QED) is 0.144. The average Bonchev–Trinajstić information content (AvgIpc) is 3.83. The summed E-state index contributed by atoms with van der Waals surface area (Å²) < 4.78 is 0. The van der Waals surface area contributed by atoms with Gasteiger partial charge in [-0.15, -0.1) is 0 Å². The number of nitrogens with zero attached hydrogens (tertiary/aromatic N) is 1. The van der Waals surface area contributed by atoms with Gasteiger partial charge < -0.3 is 4.90 Å². The van der Waals surface area contributed by atoms with Gasteiger partial charge in [0, 0.05) is 16.9 Å². The van der Waals surface area contributed by atoms with Crippen molar-refractivity contribution in [3.8, 4) is 44.5 Å². The largest absolute Gasteiger partial charge is 0.310 e. The Morgan fingerprint density at radius 3 is 1.69 bits per heavy atom. The number of anilines is 3. The molecule has 71 heavy (non-hydrogen) atoms. The minimum atomic E-state index is -2.58. The molecule has 0 saturated heterocycles. The van der Waals surface area contributed by atoms with E-state index in [0.29, 0.717) is 0 Å². The van der Waals surface area contributed by atoms with Gasteiger partial charge in [0.15, 0.2) is 8.07 Å². The Labute approximate surface area is 423 Å². The van der Waals surface area contributed by atoms with Crippen LogP contribution in [0.4, 0.5) is 17.1 Å². The van der Waals surface area contributed by atoms with Crippen molar-refractivity contribution < 1.29 is 0 Å². The van der Waals surface area contributed by atoms with Gasteiger partial charge in [-0.25, -0.2) is 0 Å². The predicted molar refractivity (Wildman–Crippen MR) is 309 cm³/mol. The van der Waals surface area contributed by atoms with Crippen molar-refractivity contribution in [3.63, 3.8) is 0 Å². The van der Waals surface area contributed by atoms with Crippen LogP contribution in [0.15, 0.2) is 200 Å². The summed E-state index contributed by atoms with van der Waals surface area (Å²) in [4.78, 5) is 2.69. The van der Waals surface area contributed by atoms with E-state index >= 15 is 0 Å². The van der Waals surface area contributed by atoms with Gasteiger partial charge in [0.05, 0.1) is 5.69 Å². The normalized spacial score (nSPS) is 17.0. The molecule has 0 aromatic heterocycles. The zero-order valence-electron chi connectivity index (χ0n) is 42.2. The van der Waals surface area contributed by atoms with E-state index in [1.165, 1.54) is 135 Å². The highest BCUT2D eigenvalue weighted by atomic mass is 28.3. The molecule has 0 unspecified atom stereocenters. The molecule has 0 spiro atoms. The molecule has 3 heteroatoms. The summed E-state index contributed by atoms with van der Waals surface area (Å²) in [5, 5.41) is 8.95. The standard InChI is InChI=1S/C68H63NSi2/c1-67(2)42-43-68(3,4)66-57(31-21-32-59(66)67)53-28-15-18-33-60(53)69(47-37-38-56-54-29-16-19-34-62(54)70(5,6)65(56)45-47)61-40-39-50(51-26-13-14-27-52(51)61)46-36-41-64-58(44-46)55-30-17-20-35-63(55)71(64,48-22-9-7-10-23-48)49-24-11-8-12-25-49/h7-12,15-25,28-41,44-45H,13-14,26-27,42-43H2,1-6H3. The molecule has 2 heterocycles. The van der Waals surface area contributed by atoms with Crippen LogP contribution in [0.3, 0.4) is 0 Å². The third-order valence-corrected chi connectivity index (χ3v) is 26.1. The highest BCUT2D eigenvalue weighted by Crippen LogP contribution is 2.53. The van der Waals surface area contributed by atoms with Gasteiger partial charge in [-0.05, 0) is 172 Å². The summed E-state index contributed by atoms with van der Waals surface area (Å²) in [5.74, 6) is 0. The van der Waals surface area contributed by atoms with Crippen LogP contribution in [0, 0.1) is 0 Å². The van der Waals surface area contributed by atoms with E-state index in [4.69, 9.17) is 0 Å². The number of para-hydroxylation sites is 1. The molecule has 0 radical (unpaired) electrons. The van der Waals surface area contributed by atoms with Crippen LogP contribution in [0.2, 0.25) is 13.1 Å². The Morgan fingerprint density at radius 1 is 0.394 bits per heavy atom. The number of hydrogen-bond acceptors (Lipinski definition) is 1. The smallest absolute Gasteiger partial charge is 0.180 e. The minimum Gasteiger partial charge on any atom is -0.310 e. The lowest BCUT2D eigenvalue weighted by Crippen LogP contribution is -2.72. The maximum atomic E-state index is 2.69. The van der Waals surface area contributed by atoms with Crippen LogP contribution >= 0.6 is 0 Å². The van der Waals surface area contributed by atoms with Crippen LogP contribution < -0.4 is 36.0 Å². The molecule has 0 atom stereocenters. The molecule has 9 aromatic carbocycles. The molecule has 4 aliphatic rings. The number of benzene rings is 9. The first-order valence-electron chi connectivity index (χ1n) is 26.3. The average molecular weight is 950 g/mol. The second-order valence-corrected chi connectivity index (χ2v) is 30.9. The molecule has 0 bridgehead atoms. The fourth-order valence-electron chi connectivity index (χ4n) is 14.0. The van der Waals surface area contributed by atoms with Gasteiger partial charge >= 0.3 is 0 Å². The molecule has 13 rings (SSSR count). The van der Waals surface area contributed by atoms with Crippen molar-refractivity contribution in [1.29, 1.82) is 0 Å². The third kappa shape index (κ3) is 6.62. The fourth-order valence-corrected chi connectivity index (χ4v) is 22.3. The van der Waals surface area contributed by atoms with Crippen LogP contribution in [-0.4, -0.2) is 16.1 Å². The summed E-state index contributed by atoms with van der Waals surface area (Å²) in [6, 6.07) is 77.9. The van der Waals surface area contributed by atoms with Crippen molar-refractivity contribution in [1.82, 2.24) is 0 Å². The highest BCUT2D eigenvalue weighted by molar-refractivity contribution is 7.22. The molecule has 1 nitrogen and oxygen atoms in total. The second-order valence-electron chi connectivity index (χ2n) is 22.8. The van der Waals surface area contributed by atoms with E-state index in [-0.39, 0.29) is 10.8 Å². The summed E-state index contributed by atoms with van der Waals surface area (Å²) in [5.41, 5.74) is 21.0. The van der Waals surface area contributed by atoms with E-state index in [1.807, 2.05) is 0 Å². The van der Waals surface area contributed by atoms with Gasteiger partial charge in [0.25, 0.3) is 0 Å². The maximum absolute atomic E-state index is 2.69. The molecule has 0 N–H and O–H groups in total. The van der Waals surface area contributed by atoms with Gasteiger partial charge in [-0.2, -0.15) is 0 Å². The number of fused-ring (bicyclic) bond motifs is 8. The molecule has 0 saturated carbocycles. The first kappa shape index (κ1) is 44.2. The molecular formula is C68H63NSi2. The Hall–Kier alpha value is -6.79. The highest BCUT2D eigenvalue weighted by Gasteiger charge is 2.49. The van der Waals surface area contributed by atoms with E-state index in [0.717, 1.165) is 12.8 Å². The summed E-state index contributed by atoms with van der Waals surface area (Å²) in [6.07, 6.45) is 6.88. The van der Waals surface area contributed by atoms with Gasteiger partial charge in [0.1, 0.15) is 8.07 Å². The summed E-state index contributed by atoms with van der Waals surface area (Å²) in [7, 11) is -4.57. The zero-order valence-corrected chi connectivity index (χ0v) is 44.2. The Bertz CT molecular complexity index is 3540. The fraction of sp³-hybridized carbons (Fsp3) is 0.206. The van der Waals surface area contributed by atoms with Crippen molar-refractivity contribution in [2.45, 2.75) is 90.1 Å². The lowest BCUT2D eigenvalue weighted by molar-refractivity contribution is 0.333. The van der Waals surface area contributed by atoms with E-state index in [1.54, 1.807) is 5.19 Å². The van der Waals surface area contributed by atoms with Gasteiger partial charge in [0.2, 0.25) is 0 Å². The second kappa shape index (κ2) is 16.4. The van der Waals surface area contributed by atoms with Crippen molar-refractivity contribution in [2.75, 3.05) is 4.90 Å². The van der Waals surface area contributed by atoms with Crippen molar-refractivity contribution in [3.05, 3.63) is 222 Å². The van der Waals surface area contributed by atoms with Crippen LogP contribution in [0.25, 0.3) is 44.5 Å². The predicted octanol–water partition coefficient (Wildman–Crippen LogP) is 13.9.